The van der Waals surface area contributed by atoms with E-state index in [1.54, 1.807) is 0 Å². The molecule has 126 valence electrons. The first-order valence-corrected chi connectivity index (χ1v) is 9.02. The molecule has 0 aromatic heterocycles. The Hall–Kier alpha value is -1.55. The van der Waals surface area contributed by atoms with Crippen LogP contribution < -0.4 is 10.1 Å². The van der Waals surface area contributed by atoms with Crippen molar-refractivity contribution in [3.05, 3.63) is 29.8 Å². The Morgan fingerprint density at radius 2 is 1.96 bits per heavy atom. The van der Waals surface area contributed by atoms with E-state index >= 15 is 0 Å². The first-order valence-electron chi connectivity index (χ1n) is 9.02. The normalized spacial score (nSPS) is 26.0. The average Bonchev–Trinajstić information content (AvgIpc) is 2.60. The maximum atomic E-state index is 12.4. The van der Waals surface area contributed by atoms with Crippen LogP contribution in [0.4, 0.5) is 0 Å². The number of ether oxygens (including phenoxy) is 1. The zero-order chi connectivity index (χ0) is 16.1. The molecule has 1 aromatic carbocycles. The van der Waals surface area contributed by atoms with Gasteiger partial charge in [-0.2, -0.15) is 0 Å². The lowest BCUT2D eigenvalue weighted by molar-refractivity contribution is 0.0620. The number of carbonyl (C=O) groups is 1. The summed E-state index contributed by atoms with van der Waals surface area (Å²) >= 11 is 0. The Kier molecular flexibility index (Phi) is 5.55. The molecule has 3 heterocycles. The lowest BCUT2D eigenvalue weighted by Crippen LogP contribution is -2.57. The molecule has 1 unspecified atom stereocenters. The SMILES string of the molecule is CCCCCOc1ccc(C(=O)NC2CN3CCC2CC3)cc1. The van der Waals surface area contributed by atoms with Crippen LogP contribution in [-0.2, 0) is 0 Å². The summed E-state index contributed by atoms with van der Waals surface area (Å²) < 4.78 is 5.69. The third-order valence-corrected chi connectivity index (χ3v) is 5.11. The molecule has 1 N–H and O–H groups in total. The van der Waals surface area contributed by atoms with Crippen LogP contribution in [-0.4, -0.2) is 43.1 Å². The summed E-state index contributed by atoms with van der Waals surface area (Å²) in [5.74, 6) is 1.55. The molecule has 0 spiro atoms. The van der Waals surface area contributed by atoms with Crippen molar-refractivity contribution >= 4 is 5.91 Å². The summed E-state index contributed by atoms with van der Waals surface area (Å²) in [5, 5.41) is 3.22. The maximum absolute atomic E-state index is 12.4. The fourth-order valence-corrected chi connectivity index (χ4v) is 3.62. The highest BCUT2D eigenvalue weighted by molar-refractivity contribution is 5.94. The molecule has 0 aliphatic carbocycles. The van der Waals surface area contributed by atoms with Crippen LogP contribution >= 0.6 is 0 Å². The second kappa shape index (κ2) is 7.82. The summed E-state index contributed by atoms with van der Waals surface area (Å²) in [5.41, 5.74) is 0.724. The summed E-state index contributed by atoms with van der Waals surface area (Å²) in [7, 11) is 0. The first kappa shape index (κ1) is 16.3. The maximum Gasteiger partial charge on any atom is 0.251 e. The molecule has 1 aromatic rings. The lowest BCUT2D eigenvalue weighted by atomic mass is 9.84. The zero-order valence-corrected chi connectivity index (χ0v) is 14.1. The largest absolute Gasteiger partial charge is 0.494 e. The van der Waals surface area contributed by atoms with Crippen molar-refractivity contribution in [1.82, 2.24) is 10.2 Å². The zero-order valence-electron chi connectivity index (χ0n) is 14.1. The van der Waals surface area contributed by atoms with E-state index in [9.17, 15) is 4.79 Å². The van der Waals surface area contributed by atoms with Crippen molar-refractivity contribution in [3.8, 4) is 5.75 Å². The Labute approximate surface area is 139 Å². The van der Waals surface area contributed by atoms with E-state index < -0.39 is 0 Å². The number of benzene rings is 1. The smallest absolute Gasteiger partial charge is 0.251 e. The number of hydrogen-bond acceptors (Lipinski definition) is 3. The third kappa shape index (κ3) is 4.25. The van der Waals surface area contributed by atoms with E-state index in [0.717, 1.165) is 30.9 Å². The number of piperidine rings is 3. The lowest BCUT2D eigenvalue weighted by Gasteiger charge is -2.44. The molecule has 2 bridgehead atoms. The predicted molar refractivity (Wildman–Crippen MR) is 91.9 cm³/mol. The summed E-state index contributed by atoms with van der Waals surface area (Å²) in [6.07, 6.45) is 5.91. The molecule has 3 aliphatic heterocycles. The van der Waals surface area contributed by atoms with Crippen LogP contribution in [0.3, 0.4) is 0 Å². The first-order chi connectivity index (χ1) is 11.3. The molecule has 4 nitrogen and oxygen atoms in total. The molecule has 1 amide bonds. The average molecular weight is 316 g/mol. The van der Waals surface area contributed by atoms with Gasteiger partial charge in [-0.1, -0.05) is 19.8 Å². The second-order valence-corrected chi connectivity index (χ2v) is 6.80. The van der Waals surface area contributed by atoms with E-state index in [4.69, 9.17) is 4.74 Å². The molecule has 4 rings (SSSR count). The van der Waals surface area contributed by atoms with Crippen LogP contribution in [0.2, 0.25) is 0 Å². The second-order valence-electron chi connectivity index (χ2n) is 6.80. The fraction of sp³-hybridized carbons (Fsp3) is 0.632. The van der Waals surface area contributed by atoms with Gasteiger partial charge in [0.1, 0.15) is 5.75 Å². The van der Waals surface area contributed by atoms with E-state index in [1.165, 1.54) is 38.8 Å². The van der Waals surface area contributed by atoms with Gasteiger partial charge in [0.2, 0.25) is 0 Å². The highest BCUT2D eigenvalue weighted by atomic mass is 16.5. The molecule has 23 heavy (non-hydrogen) atoms. The number of nitrogens with zero attached hydrogens (tertiary/aromatic N) is 1. The van der Waals surface area contributed by atoms with Crippen LogP contribution in [0, 0.1) is 5.92 Å². The van der Waals surface area contributed by atoms with Crippen molar-refractivity contribution in [3.63, 3.8) is 0 Å². The predicted octanol–water partition coefficient (Wildman–Crippen LogP) is 3.08. The number of unbranched alkanes of at least 4 members (excludes halogenated alkanes) is 2. The Bertz CT molecular complexity index is 507. The Morgan fingerprint density at radius 3 is 2.57 bits per heavy atom. The fourth-order valence-electron chi connectivity index (χ4n) is 3.62. The quantitative estimate of drug-likeness (QED) is 0.786. The number of fused-ring (bicyclic) bond motifs is 3. The van der Waals surface area contributed by atoms with Crippen molar-refractivity contribution in [2.75, 3.05) is 26.2 Å². The van der Waals surface area contributed by atoms with E-state index in [-0.39, 0.29) is 5.91 Å². The van der Waals surface area contributed by atoms with Gasteiger partial charge in [-0.3, -0.25) is 4.79 Å². The molecule has 0 saturated carbocycles. The van der Waals surface area contributed by atoms with Gasteiger partial charge in [0.15, 0.2) is 0 Å². The van der Waals surface area contributed by atoms with Crippen LogP contribution in [0.1, 0.15) is 49.4 Å². The van der Waals surface area contributed by atoms with Crippen LogP contribution in [0.15, 0.2) is 24.3 Å². The number of amides is 1. The highest BCUT2D eigenvalue weighted by Crippen LogP contribution is 2.27. The highest BCUT2D eigenvalue weighted by Gasteiger charge is 2.34. The molecular formula is C19H28N2O2. The van der Waals surface area contributed by atoms with E-state index in [2.05, 4.69) is 17.1 Å². The van der Waals surface area contributed by atoms with Crippen molar-refractivity contribution < 1.29 is 9.53 Å². The molecule has 1 atom stereocenters. The molecular weight excluding hydrogens is 288 g/mol. The van der Waals surface area contributed by atoms with E-state index in [0.29, 0.717) is 12.0 Å². The summed E-state index contributed by atoms with van der Waals surface area (Å²) in [6, 6.07) is 7.85. The summed E-state index contributed by atoms with van der Waals surface area (Å²) in [6.45, 7) is 6.33. The number of carbonyl (C=O) groups excluding carboxylic acids is 1. The van der Waals surface area contributed by atoms with Gasteiger partial charge in [0.25, 0.3) is 5.91 Å². The topological polar surface area (TPSA) is 41.6 Å². The molecule has 0 radical (unpaired) electrons. The number of rotatable bonds is 7. The minimum Gasteiger partial charge on any atom is -0.494 e. The minimum absolute atomic E-state index is 0.0429. The number of hydrogen-bond donors (Lipinski definition) is 1. The standard InChI is InChI=1S/C19H28N2O2/c1-2-3-4-13-23-17-7-5-16(6-8-17)19(22)20-18-14-21-11-9-15(18)10-12-21/h5-8,15,18H,2-4,9-14H2,1H3,(H,20,22). The van der Waals surface area contributed by atoms with Gasteiger partial charge < -0.3 is 15.0 Å². The minimum atomic E-state index is 0.0429. The van der Waals surface area contributed by atoms with Gasteiger partial charge in [0, 0.05) is 18.2 Å². The van der Waals surface area contributed by atoms with Crippen molar-refractivity contribution in [2.45, 2.75) is 45.1 Å². The van der Waals surface area contributed by atoms with Crippen molar-refractivity contribution in [2.24, 2.45) is 5.92 Å². The monoisotopic (exact) mass is 316 g/mol. The Morgan fingerprint density at radius 1 is 1.22 bits per heavy atom. The summed E-state index contributed by atoms with van der Waals surface area (Å²) in [4.78, 5) is 14.9. The third-order valence-electron chi connectivity index (χ3n) is 5.11. The molecule has 3 aliphatic rings. The molecule has 3 fully saturated rings. The van der Waals surface area contributed by atoms with Gasteiger partial charge in [-0.05, 0) is 62.5 Å². The van der Waals surface area contributed by atoms with E-state index in [1.807, 2.05) is 24.3 Å². The van der Waals surface area contributed by atoms with Gasteiger partial charge in [-0.25, -0.2) is 0 Å². The van der Waals surface area contributed by atoms with Crippen LogP contribution in [0.25, 0.3) is 0 Å². The molecule has 4 heteroatoms. The number of nitrogens with one attached hydrogen (secondary N) is 1. The Balaban J connectivity index is 1.49. The molecule has 3 saturated heterocycles. The van der Waals surface area contributed by atoms with Gasteiger partial charge >= 0.3 is 0 Å². The van der Waals surface area contributed by atoms with Gasteiger partial charge in [-0.15, -0.1) is 0 Å². The van der Waals surface area contributed by atoms with Crippen molar-refractivity contribution in [1.29, 1.82) is 0 Å². The van der Waals surface area contributed by atoms with Gasteiger partial charge in [0.05, 0.1) is 6.61 Å². The van der Waals surface area contributed by atoms with Crippen LogP contribution in [0.5, 0.6) is 5.75 Å².